The number of aliphatic hydroxyl groups excluding tert-OH is 1. The summed E-state index contributed by atoms with van der Waals surface area (Å²) in [7, 11) is 1.51. The van der Waals surface area contributed by atoms with E-state index in [2.05, 4.69) is 10.3 Å². The highest BCUT2D eigenvalue weighted by Gasteiger charge is 2.28. The molecule has 164 valence electrons. The molecule has 1 amide bonds. The molecule has 1 aromatic heterocycles. The van der Waals surface area contributed by atoms with Crippen molar-refractivity contribution < 1.29 is 32.5 Å². The van der Waals surface area contributed by atoms with Crippen LogP contribution in [0.25, 0.3) is 22.0 Å². The topological polar surface area (TPSA) is 80.7 Å². The van der Waals surface area contributed by atoms with E-state index in [4.69, 9.17) is 14.6 Å². The first-order valence-electron chi connectivity index (χ1n) is 9.39. The molecule has 2 N–H and O–H groups in total. The summed E-state index contributed by atoms with van der Waals surface area (Å²) in [5.41, 5.74) is 2.30. The van der Waals surface area contributed by atoms with Crippen molar-refractivity contribution in [2.24, 2.45) is 0 Å². The molecule has 0 radical (unpaired) electrons. The number of aliphatic hydroxyl groups is 1. The molecule has 1 heterocycles. The molecule has 0 spiro atoms. The molecule has 0 aliphatic carbocycles. The minimum Gasteiger partial charge on any atom is -0.497 e. The van der Waals surface area contributed by atoms with Crippen LogP contribution in [0.5, 0.6) is 11.5 Å². The van der Waals surface area contributed by atoms with Crippen LogP contribution >= 0.6 is 0 Å². The molecule has 3 aromatic rings. The lowest BCUT2D eigenvalue weighted by molar-refractivity contribution is -0.153. The van der Waals surface area contributed by atoms with E-state index < -0.39 is 18.8 Å². The van der Waals surface area contributed by atoms with Crippen molar-refractivity contribution in [3.63, 3.8) is 0 Å². The number of hydrogen-bond donors (Lipinski definition) is 2. The van der Waals surface area contributed by atoms with Crippen LogP contribution in [0, 0.1) is 0 Å². The van der Waals surface area contributed by atoms with Gasteiger partial charge in [0, 0.05) is 23.2 Å². The maximum Gasteiger partial charge on any atom is 0.422 e. The Hall–Kier alpha value is -3.33. The number of carbonyl (C=O) groups is 1. The third kappa shape index (κ3) is 5.64. The van der Waals surface area contributed by atoms with Gasteiger partial charge in [-0.2, -0.15) is 13.2 Å². The monoisotopic (exact) mass is 434 g/mol. The number of nitrogens with one attached hydrogen (secondary N) is 1. The number of aromatic nitrogens is 1. The first-order valence-corrected chi connectivity index (χ1v) is 9.39. The summed E-state index contributed by atoms with van der Waals surface area (Å²) < 4.78 is 47.1. The van der Waals surface area contributed by atoms with Gasteiger partial charge >= 0.3 is 6.18 Å². The average Bonchev–Trinajstić information content (AvgIpc) is 2.76. The lowest BCUT2D eigenvalue weighted by Crippen LogP contribution is -2.35. The van der Waals surface area contributed by atoms with Gasteiger partial charge in [0.1, 0.15) is 11.5 Å². The van der Waals surface area contributed by atoms with E-state index in [1.807, 2.05) is 0 Å². The minimum absolute atomic E-state index is 0.0956. The van der Waals surface area contributed by atoms with E-state index in [1.54, 1.807) is 37.3 Å². The van der Waals surface area contributed by atoms with Crippen LogP contribution in [-0.2, 0) is 0 Å². The van der Waals surface area contributed by atoms with Gasteiger partial charge in [-0.05, 0) is 42.8 Å². The van der Waals surface area contributed by atoms with Gasteiger partial charge in [0.2, 0.25) is 0 Å². The van der Waals surface area contributed by atoms with Crippen LogP contribution in [0.15, 0.2) is 48.7 Å². The number of hydrogen-bond acceptors (Lipinski definition) is 5. The Bertz CT molecular complexity index is 1070. The van der Waals surface area contributed by atoms with Gasteiger partial charge < -0.3 is 19.9 Å². The smallest absolute Gasteiger partial charge is 0.422 e. The zero-order valence-electron chi connectivity index (χ0n) is 16.9. The Balaban J connectivity index is 1.95. The lowest BCUT2D eigenvalue weighted by atomic mass is 10.0. The summed E-state index contributed by atoms with van der Waals surface area (Å²) in [5, 5.41) is 12.4. The van der Waals surface area contributed by atoms with Crippen molar-refractivity contribution >= 4 is 16.8 Å². The molecule has 31 heavy (non-hydrogen) atoms. The van der Waals surface area contributed by atoms with Crippen LogP contribution < -0.4 is 14.8 Å². The van der Waals surface area contributed by atoms with Crippen molar-refractivity contribution in [1.29, 1.82) is 0 Å². The van der Waals surface area contributed by atoms with Crippen LogP contribution in [0.1, 0.15) is 17.3 Å². The highest BCUT2D eigenvalue weighted by Crippen LogP contribution is 2.33. The van der Waals surface area contributed by atoms with E-state index in [0.717, 1.165) is 0 Å². The SMILES string of the molecule is COc1cc(-c2ccc(OCC(F)(F)F)cc2)c2ncc(C(=O)N[C@H](C)CO)cc2c1. The Labute approximate surface area is 176 Å². The zero-order valence-corrected chi connectivity index (χ0v) is 16.9. The predicted molar refractivity (Wildman–Crippen MR) is 109 cm³/mol. The molecule has 9 heteroatoms. The van der Waals surface area contributed by atoms with Gasteiger partial charge in [0.15, 0.2) is 6.61 Å². The van der Waals surface area contributed by atoms with Crippen LogP contribution in [-0.4, -0.2) is 48.5 Å². The number of rotatable bonds is 7. The maximum atomic E-state index is 12.3. The molecule has 3 rings (SSSR count). The standard InChI is InChI=1S/C22H21F3N2O4/c1-13(11-28)27-21(29)16-7-15-8-18(30-2)9-19(20(15)26-10-16)14-3-5-17(6-4-14)31-12-22(23,24)25/h3-10,13,28H,11-12H2,1-2H3,(H,27,29)/t13-/m1/s1. The maximum absolute atomic E-state index is 12.3. The summed E-state index contributed by atoms with van der Waals surface area (Å²) in [5.74, 6) is 0.257. The molecule has 0 unspecified atom stereocenters. The molecule has 0 saturated heterocycles. The van der Waals surface area contributed by atoms with Crippen molar-refractivity contribution in [1.82, 2.24) is 10.3 Å². The fourth-order valence-electron chi connectivity index (χ4n) is 2.93. The third-order valence-electron chi connectivity index (χ3n) is 4.47. The largest absolute Gasteiger partial charge is 0.497 e. The van der Waals surface area contributed by atoms with Crippen LogP contribution in [0.4, 0.5) is 13.2 Å². The Morgan fingerprint density at radius 1 is 1.16 bits per heavy atom. The summed E-state index contributed by atoms with van der Waals surface area (Å²) >= 11 is 0. The van der Waals surface area contributed by atoms with Gasteiger partial charge in [-0.1, -0.05) is 12.1 Å². The number of pyridine rings is 1. The molecule has 1 atom stereocenters. The molecular weight excluding hydrogens is 413 g/mol. The molecular formula is C22H21F3N2O4. The van der Waals surface area contributed by atoms with Crippen molar-refractivity contribution in [3.05, 3.63) is 54.2 Å². The van der Waals surface area contributed by atoms with Crippen molar-refractivity contribution in [3.8, 4) is 22.6 Å². The second kappa shape index (κ2) is 9.22. The first-order chi connectivity index (χ1) is 14.7. The molecule has 0 aliphatic heterocycles. The van der Waals surface area contributed by atoms with Gasteiger partial charge in [0.05, 0.1) is 24.8 Å². The molecule has 2 aromatic carbocycles. The van der Waals surface area contributed by atoms with Crippen LogP contribution in [0.2, 0.25) is 0 Å². The van der Waals surface area contributed by atoms with Gasteiger partial charge in [-0.25, -0.2) is 0 Å². The summed E-state index contributed by atoms with van der Waals surface area (Å²) in [6.45, 7) is 0.124. The van der Waals surface area contributed by atoms with Crippen LogP contribution in [0.3, 0.4) is 0 Å². The molecule has 6 nitrogen and oxygen atoms in total. The molecule has 0 aliphatic rings. The minimum atomic E-state index is -4.41. The van der Waals surface area contributed by atoms with Gasteiger partial charge in [-0.15, -0.1) is 0 Å². The summed E-state index contributed by atoms with van der Waals surface area (Å²) in [6, 6.07) is 10.9. The molecule has 0 fully saturated rings. The highest BCUT2D eigenvalue weighted by molar-refractivity contribution is 6.01. The Morgan fingerprint density at radius 3 is 2.48 bits per heavy atom. The number of methoxy groups -OCH3 is 1. The number of alkyl halides is 3. The zero-order chi connectivity index (χ0) is 22.6. The lowest BCUT2D eigenvalue weighted by Gasteiger charge is -2.13. The average molecular weight is 434 g/mol. The second-order valence-corrected chi connectivity index (χ2v) is 6.96. The number of halogens is 3. The highest BCUT2D eigenvalue weighted by atomic mass is 19.4. The number of ether oxygens (including phenoxy) is 2. The number of nitrogens with zero attached hydrogens (tertiary/aromatic N) is 1. The summed E-state index contributed by atoms with van der Waals surface area (Å²) in [4.78, 5) is 16.8. The Kier molecular flexibility index (Phi) is 6.65. The first kappa shape index (κ1) is 22.4. The van der Waals surface area contributed by atoms with E-state index in [0.29, 0.717) is 33.3 Å². The number of fused-ring (bicyclic) bond motifs is 1. The van der Waals surface area contributed by atoms with E-state index in [9.17, 15) is 18.0 Å². The van der Waals surface area contributed by atoms with Crippen molar-refractivity contribution in [2.75, 3.05) is 20.3 Å². The normalized spacial score (nSPS) is 12.5. The quantitative estimate of drug-likeness (QED) is 0.588. The fourth-order valence-corrected chi connectivity index (χ4v) is 2.93. The molecule has 0 bridgehead atoms. The third-order valence-corrected chi connectivity index (χ3v) is 4.47. The fraction of sp³-hybridized carbons (Fsp3) is 0.273. The van der Waals surface area contributed by atoms with E-state index in [-0.39, 0.29) is 18.3 Å². The number of benzene rings is 2. The number of carbonyl (C=O) groups excluding carboxylic acids is 1. The van der Waals surface area contributed by atoms with E-state index >= 15 is 0 Å². The number of amides is 1. The van der Waals surface area contributed by atoms with Gasteiger partial charge in [-0.3, -0.25) is 9.78 Å². The van der Waals surface area contributed by atoms with Gasteiger partial charge in [0.25, 0.3) is 5.91 Å². The van der Waals surface area contributed by atoms with E-state index in [1.165, 1.54) is 25.4 Å². The predicted octanol–water partition coefficient (Wildman–Crippen LogP) is 3.96. The van der Waals surface area contributed by atoms with Crippen molar-refractivity contribution in [2.45, 2.75) is 19.1 Å². The molecule has 0 saturated carbocycles. The second-order valence-electron chi connectivity index (χ2n) is 6.96. The Morgan fingerprint density at radius 2 is 1.87 bits per heavy atom. The summed E-state index contributed by atoms with van der Waals surface area (Å²) in [6.07, 6.45) is -2.98.